The quantitative estimate of drug-likeness (QED) is 0.807. The Kier molecular flexibility index (Phi) is 5.90. The van der Waals surface area contributed by atoms with Gasteiger partial charge < -0.3 is 5.11 Å². The fourth-order valence-electron chi connectivity index (χ4n) is 1.94. The minimum Gasteiger partial charge on any atom is -0.390 e. The van der Waals surface area contributed by atoms with E-state index >= 15 is 0 Å². The van der Waals surface area contributed by atoms with Gasteiger partial charge in [0.1, 0.15) is 0 Å². The number of nitriles is 1. The highest BCUT2D eigenvalue weighted by molar-refractivity contribution is 7.89. The highest BCUT2D eigenvalue weighted by atomic mass is 32.2. The van der Waals surface area contributed by atoms with Gasteiger partial charge in [-0.25, -0.2) is 13.1 Å². The van der Waals surface area contributed by atoms with Crippen LogP contribution in [0.5, 0.6) is 0 Å². The molecule has 1 aromatic rings. The van der Waals surface area contributed by atoms with E-state index in [0.717, 1.165) is 6.42 Å². The first-order chi connectivity index (χ1) is 9.64. The van der Waals surface area contributed by atoms with Crippen molar-refractivity contribution in [3.05, 3.63) is 29.8 Å². The lowest BCUT2D eigenvalue weighted by atomic mass is 10.00. The van der Waals surface area contributed by atoms with Crippen molar-refractivity contribution in [3.8, 4) is 6.07 Å². The number of nitrogens with one attached hydrogen (secondary N) is 1. The zero-order valence-electron chi connectivity index (χ0n) is 12.6. The Morgan fingerprint density at radius 1 is 1.33 bits per heavy atom. The van der Waals surface area contributed by atoms with Gasteiger partial charge in [0.2, 0.25) is 10.0 Å². The summed E-state index contributed by atoms with van der Waals surface area (Å²) in [4.78, 5) is 0.149. The van der Waals surface area contributed by atoms with Gasteiger partial charge in [-0.15, -0.1) is 0 Å². The number of sulfonamides is 1. The predicted molar refractivity (Wildman–Crippen MR) is 81.1 cm³/mol. The Balaban J connectivity index is 2.61. The molecular weight excluding hydrogens is 288 g/mol. The van der Waals surface area contributed by atoms with Crippen LogP contribution in [0.4, 0.5) is 0 Å². The van der Waals surface area contributed by atoms with Crippen LogP contribution in [0.15, 0.2) is 29.2 Å². The standard InChI is InChI=1S/C15H22N2O3S/c1-12(5-4-10-15(2,3)18)17-21(19,20)14-8-6-13(11-16)7-9-14/h6-9,12,17-18H,4-5,10H2,1-3H3. The van der Waals surface area contributed by atoms with E-state index in [1.807, 2.05) is 6.07 Å². The predicted octanol–water partition coefficient (Wildman–Crippen LogP) is 2.17. The first kappa shape index (κ1) is 17.6. The van der Waals surface area contributed by atoms with Crippen molar-refractivity contribution < 1.29 is 13.5 Å². The Morgan fingerprint density at radius 3 is 2.38 bits per heavy atom. The van der Waals surface area contributed by atoms with Gasteiger partial charge in [0.05, 0.1) is 22.1 Å². The van der Waals surface area contributed by atoms with E-state index in [-0.39, 0.29) is 10.9 Å². The Hall–Kier alpha value is -1.42. The maximum absolute atomic E-state index is 12.2. The van der Waals surface area contributed by atoms with Gasteiger partial charge in [-0.05, 0) is 64.3 Å². The lowest BCUT2D eigenvalue weighted by Gasteiger charge is -2.19. The molecule has 0 heterocycles. The number of rotatable bonds is 7. The molecule has 116 valence electrons. The second-order valence-electron chi connectivity index (χ2n) is 5.86. The molecule has 0 saturated carbocycles. The molecule has 1 rings (SSSR count). The molecule has 0 fully saturated rings. The third kappa shape index (κ3) is 6.25. The summed E-state index contributed by atoms with van der Waals surface area (Å²) in [6.45, 7) is 5.27. The Labute approximate surface area is 126 Å². The van der Waals surface area contributed by atoms with E-state index in [1.165, 1.54) is 24.3 Å². The average molecular weight is 310 g/mol. The van der Waals surface area contributed by atoms with Crippen LogP contribution in [0.25, 0.3) is 0 Å². The number of nitrogens with zero attached hydrogens (tertiary/aromatic N) is 1. The van der Waals surface area contributed by atoms with E-state index in [9.17, 15) is 13.5 Å². The maximum Gasteiger partial charge on any atom is 0.240 e. The van der Waals surface area contributed by atoms with Gasteiger partial charge in [0, 0.05) is 6.04 Å². The van der Waals surface area contributed by atoms with Crippen LogP contribution in [-0.2, 0) is 10.0 Å². The number of hydrogen-bond acceptors (Lipinski definition) is 4. The van der Waals surface area contributed by atoms with Gasteiger partial charge in [-0.2, -0.15) is 5.26 Å². The first-order valence-electron chi connectivity index (χ1n) is 6.89. The molecule has 21 heavy (non-hydrogen) atoms. The molecule has 5 nitrogen and oxygen atoms in total. The second kappa shape index (κ2) is 7.03. The SMILES string of the molecule is CC(CCCC(C)(C)O)NS(=O)(=O)c1ccc(C#N)cc1. The third-order valence-corrected chi connectivity index (χ3v) is 4.68. The molecule has 2 N–H and O–H groups in total. The molecule has 0 spiro atoms. The molecule has 0 amide bonds. The van der Waals surface area contributed by atoms with Crippen molar-refractivity contribution in [1.82, 2.24) is 4.72 Å². The van der Waals surface area contributed by atoms with Crippen molar-refractivity contribution in [2.45, 2.75) is 56.6 Å². The molecule has 0 bridgehead atoms. The molecule has 0 aliphatic carbocycles. The van der Waals surface area contributed by atoms with Gasteiger partial charge >= 0.3 is 0 Å². The summed E-state index contributed by atoms with van der Waals surface area (Å²) in [6, 6.07) is 7.54. The summed E-state index contributed by atoms with van der Waals surface area (Å²) < 4.78 is 26.9. The van der Waals surface area contributed by atoms with E-state index in [0.29, 0.717) is 18.4 Å². The number of hydrogen-bond donors (Lipinski definition) is 2. The van der Waals surface area contributed by atoms with Crippen LogP contribution in [0, 0.1) is 11.3 Å². The van der Waals surface area contributed by atoms with E-state index in [4.69, 9.17) is 5.26 Å². The van der Waals surface area contributed by atoms with Crippen LogP contribution < -0.4 is 4.72 Å². The normalized spacial score (nSPS) is 13.7. The molecule has 0 aliphatic rings. The van der Waals surface area contributed by atoms with Crippen LogP contribution >= 0.6 is 0 Å². The summed E-state index contributed by atoms with van der Waals surface area (Å²) in [5, 5.41) is 18.3. The molecule has 1 aromatic carbocycles. The highest BCUT2D eigenvalue weighted by Gasteiger charge is 2.18. The van der Waals surface area contributed by atoms with E-state index in [1.54, 1.807) is 20.8 Å². The topological polar surface area (TPSA) is 90.2 Å². The van der Waals surface area contributed by atoms with Crippen molar-refractivity contribution in [1.29, 1.82) is 5.26 Å². The number of aliphatic hydroxyl groups is 1. The summed E-state index contributed by atoms with van der Waals surface area (Å²) in [5.74, 6) is 0. The summed E-state index contributed by atoms with van der Waals surface area (Å²) in [6.07, 6.45) is 2.01. The van der Waals surface area contributed by atoms with Crippen molar-refractivity contribution in [2.24, 2.45) is 0 Å². The zero-order valence-corrected chi connectivity index (χ0v) is 13.4. The minimum atomic E-state index is -3.57. The van der Waals surface area contributed by atoms with E-state index in [2.05, 4.69) is 4.72 Å². The molecule has 0 aliphatic heterocycles. The maximum atomic E-state index is 12.2. The minimum absolute atomic E-state index is 0.149. The summed E-state index contributed by atoms with van der Waals surface area (Å²) >= 11 is 0. The smallest absolute Gasteiger partial charge is 0.240 e. The molecule has 6 heteroatoms. The van der Waals surface area contributed by atoms with Gasteiger partial charge in [-0.1, -0.05) is 0 Å². The number of benzene rings is 1. The van der Waals surface area contributed by atoms with Crippen LogP contribution in [-0.4, -0.2) is 25.2 Å². The Bertz CT molecular complexity index is 595. The van der Waals surface area contributed by atoms with Gasteiger partial charge in [-0.3, -0.25) is 0 Å². The van der Waals surface area contributed by atoms with Crippen LogP contribution in [0.2, 0.25) is 0 Å². The molecule has 0 saturated heterocycles. The zero-order chi connectivity index (χ0) is 16.1. The van der Waals surface area contributed by atoms with Crippen molar-refractivity contribution in [3.63, 3.8) is 0 Å². The fraction of sp³-hybridized carbons (Fsp3) is 0.533. The van der Waals surface area contributed by atoms with Crippen LogP contribution in [0.3, 0.4) is 0 Å². The van der Waals surface area contributed by atoms with Gasteiger partial charge in [0.25, 0.3) is 0 Å². The van der Waals surface area contributed by atoms with E-state index < -0.39 is 15.6 Å². The molecule has 1 atom stereocenters. The highest BCUT2D eigenvalue weighted by Crippen LogP contribution is 2.15. The molecule has 1 unspecified atom stereocenters. The monoisotopic (exact) mass is 310 g/mol. The molecule has 0 radical (unpaired) electrons. The lowest BCUT2D eigenvalue weighted by Crippen LogP contribution is -2.33. The Morgan fingerprint density at radius 2 is 1.90 bits per heavy atom. The molecule has 0 aromatic heterocycles. The first-order valence-corrected chi connectivity index (χ1v) is 8.37. The fourth-order valence-corrected chi connectivity index (χ4v) is 3.22. The average Bonchev–Trinajstić information content (AvgIpc) is 2.36. The van der Waals surface area contributed by atoms with Crippen LogP contribution in [0.1, 0.15) is 45.6 Å². The summed E-state index contributed by atoms with van der Waals surface area (Å²) in [7, 11) is -3.57. The summed E-state index contributed by atoms with van der Waals surface area (Å²) in [5.41, 5.74) is -0.307. The van der Waals surface area contributed by atoms with Gasteiger partial charge in [0.15, 0.2) is 0 Å². The second-order valence-corrected chi connectivity index (χ2v) is 7.58. The van der Waals surface area contributed by atoms with Crippen molar-refractivity contribution >= 4 is 10.0 Å². The molecular formula is C15H22N2O3S. The largest absolute Gasteiger partial charge is 0.390 e. The van der Waals surface area contributed by atoms with Crippen molar-refractivity contribution in [2.75, 3.05) is 0 Å². The third-order valence-electron chi connectivity index (χ3n) is 3.08. The lowest BCUT2D eigenvalue weighted by molar-refractivity contribution is 0.0677.